The first-order chi connectivity index (χ1) is 11.6. The number of carbonyl (C=O) groups is 2. The highest BCUT2D eigenvalue weighted by atomic mass is 32.2. The minimum atomic E-state index is -0.194. The third-order valence-electron chi connectivity index (χ3n) is 3.21. The molecule has 1 heterocycles. The summed E-state index contributed by atoms with van der Waals surface area (Å²) in [6.45, 7) is 4.44. The van der Waals surface area contributed by atoms with Gasteiger partial charge in [-0.25, -0.2) is 4.98 Å². The van der Waals surface area contributed by atoms with E-state index in [1.54, 1.807) is 18.3 Å². The molecule has 2 rings (SSSR count). The topological polar surface area (TPSA) is 71.1 Å². The van der Waals surface area contributed by atoms with Gasteiger partial charge >= 0.3 is 0 Å². The molecule has 0 unspecified atom stereocenters. The minimum absolute atomic E-state index is 0.0223. The van der Waals surface area contributed by atoms with Crippen molar-refractivity contribution in [1.29, 1.82) is 0 Å². The molecule has 0 spiro atoms. The highest BCUT2D eigenvalue weighted by molar-refractivity contribution is 7.99. The van der Waals surface area contributed by atoms with Crippen molar-refractivity contribution in [2.24, 2.45) is 5.92 Å². The minimum Gasteiger partial charge on any atom is -0.354 e. The number of rotatable bonds is 7. The molecule has 2 amide bonds. The van der Waals surface area contributed by atoms with Crippen LogP contribution in [0.25, 0.3) is 0 Å². The van der Waals surface area contributed by atoms with Crippen LogP contribution in [0, 0.1) is 5.92 Å². The Hall–Kier alpha value is -2.34. The summed E-state index contributed by atoms with van der Waals surface area (Å²) in [7, 11) is 0. The van der Waals surface area contributed by atoms with Gasteiger partial charge in [0, 0.05) is 30.1 Å². The highest BCUT2D eigenvalue weighted by Gasteiger charge is 2.13. The number of pyridine rings is 1. The molecule has 126 valence electrons. The van der Waals surface area contributed by atoms with Gasteiger partial charge in [-0.2, -0.15) is 0 Å². The summed E-state index contributed by atoms with van der Waals surface area (Å²) in [5.74, 6) is -0.279. The molecule has 1 aromatic heterocycles. The normalized spacial score (nSPS) is 10.5. The summed E-state index contributed by atoms with van der Waals surface area (Å²) >= 11 is 1.45. The van der Waals surface area contributed by atoms with Crippen LogP contribution in [-0.2, 0) is 4.79 Å². The second-order valence-electron chi connectivity index (χ2n) is 5.47. The van der Waals surface area contributed by atoms with Gasteiger partial charge < -0.3 is 10.6 Å². The molecule has 5 nitrogen and oxygen atoms in total. The van der Waals surface area contributed by atoms with Crippen LogP contribution in [0.15, 0.2) is 58.6 Å². The smallest absolute Gasteiger partial charge is 0.254 e. The van der Waals surface area contributed by atoms with Crippen molar-refractivity contribution in [3.05, 3.63) is 54.2 Å². The van der Waals surface area contributed by atoms with Gasteiger partial charge in [0.2, 0.25) is 5.91 Å². The second-order valence-corrected chi connectivity index (χ2v) is 6.54. The lowest BCUT2D eigenvalue weighted by atomic mass is 10.2. The predicted octanol–water partition coefficient (Wildman–Crippen LogP) is 2.73. The van der Waals surface area contributed by atoms with Crippen molar-refractivity contribution in [3.63, 3.8) is 0 Å². The van der Waals surface area contributed by atoms with Crippen LogP contribution in [0.5, 0.6) is 0 Å². The molecular weight excluding hydrogens is 322 g/mol. The molecule has 0 bridgehead atoms. The molecule has 0 fully saturated rings. The van der Waals surface area contributed by atoms with E-state index in [1.807, 2.05) is 44.2 Å². The first kappa shape index (κ1) is 18.0. The van der Waals surface area contributed by atoms with E-state index in [0.717, 1.165) is 4.90 Å². The average Bonchev–Trinajstić information content (AvgIpc) is 2.59. The zero-order chi connectivity index (χ0) is 17.4. The Morgan fingerprint density at radius 1 is 1.04 bits per heavy atom. The number of nitrogens with one attached hydrogen (secondary N) is 2. The highest BCUT2D eigenvalue weighted by Crippen LogP contribution is 2.28. The monoisotopic (exact) mass is 343 g/mol. The van der Waals surface area contributed by atoms with E-state index >= 15 is 0 Å². The summed E-state index contributed by atoms with van der Waals surface area (Å²) in [5.41, 5.74) is 0.529. The first-order valence-corrected chi connectivity index (χ1v) is 8.63. The summed E-state index contributed by atoms with van der Waals surface area (Å²) in [5, 5.41) is 6.24. The Morgan fingerprint density at radius 3 is 2.46 bits per heavy atom. The Bertz CT molecular complexity index is 690. The van der Waals surface area contributed by atoms with Crippen molar-refractivity contribution in [2.75, 3.05) is 13.1 Å². The van der Waals surface area contributed by atoms with E-state index in [1.165, 1.54) is 11.8 Å². The standard InChI is InChI=1S/C18H21N3O2S/c1-13(2)16(22)19-11-12-20-17(23)15-9-6-10-21-18(15)24-14-7-4-3-5-8-14/h3-10,13H,11-12H2,1-2H3,(H,19,22)(H,20,23). The Labute approximate surface area is 146 Å². The second kappa shape index (κ2) is 9.08. The average molecular weight is 343 g/mol. The van der Waals surface area contributed by atoms with Crippen LogP contribution in [-0.4, -0.2) is 29.9 Å². The van der Waals surface area contributed by atoms with Crippen molar-refractivity contribution in [3.8, 4) is 0 Å². The van der Waals surface area contributed by atoms with E-state index in [-0.39, 0.29) is 17.7 Å². The van der Waals surface area contributed by atoms with E-state index in [2.05, 4.69) is 15.6 Å². The van der Waals surface area contributed by atoms with Crippen LogP contribution in [0.2, 0.25) is 0 Å². The summed E-state index contributed by atoms with van der Waals surface area (Å²) in [4.78, 5) is 29.2. The molecule has 1 aromatic carbocycles. The summed E-state index contributed by atoms with van der Waals surface area (Å²) in [6.07, 6.45) is 1.67. The molecular formula is C18H21N3O2S. The van der Waals surface area contributed by atoms with Crippen molar-refractivity contribution in [1.82, 2.24) is 15.6 Å². The van der Waals surface area contributed by atoms with Crippen LogP contribution in [0.1, 0.15) is 24.2 Å². The Morgan fingerprint density at radius 2 is 1.75 bits per heavy atom. The van der Waals surface area contributed by atoms with Crippen molar-refractivity contribution < 1.29 is 9.59 Å². The third kappa shape index (κ3) is 5.38. The van der Waals surface area contributed by atoms with Gasteiger partial charge in [0.05, 0.1) is 5.56 Å². The fraction of sp³-hybridized carbons (Fsp3) is 0.278. The van der Waals surface area contributed by atoms with Gasteiger partial charge in [0.1, 0.15) is 5.03 Å². The molecule has 2 aromatic rings. The number of aromatic nitrogens is 1. The number of carbonyl (C=O) groups excluding carboxylic acids is 2. The van der Waals surface area contributed by atoms with Gasteiger partial charge in [0.15, 0.2) is 0 Å². The maximum atomic E-state index is 12.4. The van der Waals surface area contributed by atoms with Gasteiger partial charge in [-0.15, -0.1) is 0 Å². The van der Waals surface area contributed by atoms with Crippen LogP contribution in [0.4, 0.5) is 0 Å². The molecule has 6 heteroatoms. The zero-order valence-electron chi connectivity index (χ0n) is 13.8. The quantitative estimate of drug-likeness (QED) is 0.758. The third-order valence-corrected chi connectivity index (χ3v) is 4.23. The molecule has 0 aliphatic carbocycles. The largest absolute Gasteiger partial charge is 0.354 e. The molecule has 24 heavy (non-hydrogen) atoms. The summed E-state index contributed by atoms with van der Waals surface area (Å²) < 4.78 is 0. The number of hydrogen-bond acceptors (Lipinski definition) is 4. The zero-order valence-corrected chi connectivity index (χ0v) is 14.6. The summed E-state index contributed by atoms with van der Waals surface area (Å²) in [6, 6.07) is 13.3. The van der Waals surface area contributed by atoms with Crippen LogP contribution in [0.3, 0.4) is 0 Å². The van der Waals surface area contributed by atoms with Gasteiger partial charge in [-0.1, -0.05) is 43.8 Å². The fourth-order valence-corrected chi connectivity index (χ4v) is 2.81. The van der Waals surface area contributed by atoms with Crippen LogP contribution < -0.4 is 10.6 Å². The van der Waals surface area contributed by atoms with Gasteiger partial charge in [-0.3, -0.25) is 9.59 Å². The van der Waals surface area contributed by atoms with Crippen molar-refractivity contribution >= 4 is 23.6 Å². The molecule has 2 N–H and O–H groups in total. The van der Waals surface area contributed by atoms with E-state index < -0.39 is 0 Å². The Kier molecular flexibility index (Phi) is 6.81. The van der Waals surface area contributed by atoms with E-state index in [4.69, 9.17) is 0 Å². The first-order valence-electron chi connectivity index (χ1n) is 7.81. The lowest BCUT2D eigenvalue weighted by Gasteiger charge is -2.10. The van der Waals surface area contributed by atoms with Gasteiger partial charge in [0.25, 0.3) is 5.91 Å². The SMILES string of the molecule is CC(C)C(=O)NCCNC(=O)c1cccnc1Sc1ccccc1. The molecule has 0 saturated heterocycles. The van der Waals surface area contributed by atoms with E-state index in [9.17, 15) is 9.59 Å². The number of amides is 2. The van der Waals surface area contributed by atoms with Crippen LogP contribution >= 0.6 is 11.8 Å². The fourth-order valence-electron chi connectivity index (χ4n) is 1.91. The molecule has 0 atom stereocenters. The predicted molar refractivity (Wildman–Crippen MR) is 95.0 cm³/mol. The Balaban J connectivity index is 1.93. The molecule has 0 saturated carbocycles. The molecule has 0 aliphatic rings. The lowest BCUT2D eigenvalue weighted by Crippen LogP contribution is -2.36. The number of hydrogen-bond donors (Lipinski definition) is 2. The maximum absolute atomic E-state index is 12.4. The number of nitrogens with zero attached hydrogens (tertiary/aromatic N) is 1. The number of benzene rings is 1. The lowest BCUT2D eigenvalue weighted by molar-refractivity contribution is -0.123. The van der Waals surface area contributed by atoms with Gasteiger partial charge in [-0.05, 0) is 24.3 Å². The van der Waals surface area contributed by atoms with Crippen molar-refractivity contribution in [2.45, 2.75) is 23.8 Å². The maximum Gasteiger partial charge on any atom is 0.254 e. The van der Waals surface area contributed by atoms with E-state index in [0.29, 0.717) is 23.7 Å². The molecule has 0 radical (unpaired) electrons. The molecule has 0 aliphatic heterocycles.